The van der Waals surface area contributed by atoms with Gasteiger partial charge in [-0.25, -0.2) is 4.39 Å². The second-order valence-electron chi connectivity index (χ2n) is 7.77. The molecule has 1 unspecified atom stereocenters. The molecular formula is C25H28FN3O2. The smallest absolute Gasteiger partial charge is 0.123 e. The third-order valence-electron chi connectivity index (χ3n) is 5.59. The van der Waals surface area contributed by atoms with Gasteiger partial charge in [-0.2, -0.15) is 0 Å². The maximum atomic E-state index is 12.9. The summed E-state index contributed by atoms with van der Waals surface area (Å²) in [6.45, 7) is 4.80. The summed E-state index contributed by atoms with van der Waals surface area (Å²) in [5, 5.41) is 10.2. The van der Waals surface area contributed by atoms with Crippen LogP contribution in [0.1, 0.15) is 6.42 Å². The summed E-state index contributed by atoms with van der Waals surface area (Å²) >= 11 is 0. The zero-order chi connectivity index (χ0) is 21.5. The third-order valence-corrected chi connectivity index (χ3v) is 5.59. The van der Waals surface area contributed by atoms with Crippen molar-refractivity contribution in [2.24, 2.45) is 0 Å². The summed E-state index contributed by atoms with van der Waals surface area (Å²) in [6.07, 6.45) is 1.92. The minimum absolute atomic E-state index is 0.211. The average Bonchev–Trinajstić information content (AvgIpc) is 2.83. The number of hydrogen-bond acceptors (Lipinski definition) is 5. The van der Waals surface area contributed by atoms with E-state index in [1.54, 1.807) is 12.1 Å². The maximum Gasteiger partial charge on any atom is 0.123 e. The first-order chi connectivity index (χ1) is 15.2. The van der Waals surface area contributed by atoms with Crippen LogP contribution < -0.4 is 9.64 Å². The minimum Gasteiger partial charge on any atom is -0.491 e. The number of benzene rings is 2. The average molecular weight is 422 g/mol. The number of hydrogen-bond donors (Lipinski definition) is 1. The van der Waals surface area contributed by atoms with E-state index >= 15 is 0 Å². The van der Waals surface area contributed by atoms with Crippen LogP contribution in [0.3, 0.4) is 0 Å². The summed E-state index contributed by atoms with van der Waals surface area (Å²) < 4.78 is 18.5. The number of anilines is 1. The molecule has 31 heavy (non-hydrogen) atoms. The van der Waals surface area contributed by atoms with Gasteiger partial charge in [0.05, 0.1) is 11.8 Å². The number of para-hydroxylation sites is 1. The van der Waals surface area contributed by atoms with Crippen LogP contribution in [-0.4, -0.2) is 60.4 Å². The van der Waals surface area contributed by atoms with Crippen molar-refractivity contribution in [3.63, 3.8) is 0 Å². The molecule has 3 aromatic rings. The molecule has 0 spiro atoms. The lowest BCUT2D eigenvalue weighted by Crippen LogP contribution is -2.47. The van der Waals surface area contributed by atoms with Gasteiger partial charge in [-0.3, -0.25) is 9.88 Å². The third kappa shape index (κ3) is 5.81. The molecule has 1 N–H and O–H groups in total. The number of aliphatic hydroxyl groups excluding tert-OH is 1. The molecule has 1 aliphatic rings. The van der Waals surface area contributed by atoms with E-state index in [0.29, 0.717) is 12.2 Å². The molecule has 1 fully saturated rings. The Balaban J connectivity index is 1.25. The van der Waals surface area contributed by atoms with Crippen molar-refractivity contribution in [2.45, 2.75) is 12.5 Å². The van der Waals surface area contributed by atoms with Gasteiger partial charge in [-0.05, 0) is 48.9 Å². The first kappa shape index (κ1) is 21.3. The van der Waals surface area contributed by atoms with Gasteiger partial charge in [0.2, 0.25) is 0 Å². The number of piperazine rings is 1. The predicted octanol–water partition coefficient (Wildman–Crippen LogP) is 3.84. The zero-order valence-electron chi connectivity index (χ0n) is 17.5. The SMILES string of the molecule is OC(CCN1CCN(c2ccccc2-c2ccccn2)CC1)COc1ccc(F)cc1. The van der Waals surface area contributed by atoms with Crippen LogP contribution in [0, 0.1) is 5.82 Å². The van der Waals surface area contributed by atoms with E-state index in [2.05, 4.69) is 39.0 Å². The highest BCUT2D eigenvalue weighted by molar-refractivity contribution is 5.76. The first-order valence-electron chi connectivity index (χ1n) is 10.7. The molecular weight excluding hydrogens is 393 g/mol. The number of rotatable bonds is 8. The molecule has 1 atom stereocenters. The van der Waals surface area contributed by atoms with Crippen molar-refractivity contribution in [3.05, 3.63) is 78.7 Å². The lowest BCUT2D eigenvalue weighted by atomic mass is 10.1. The molecule has 6 heteroatoms. The Labute approximate surface area is 182 Å². The molecule has 0 aliphatic carbocycles. The minimum atomic E-state index is -0.548. The number of aliphatic hydroxyl groups is 1. The molecule has 5 nitrogen and oxygen atoms in total. The first-order valence-corrected chi connectivity index (χ1v) is 10.7. The van der Waals surface area contributed by atoms with E-state index in [9.17, 15) is 9.50 Å². The predicted molar refractivity (Wildman–Crippen MR) is 121 cm³/mol. The van der Waals surface area contributed by atoms with Crippen LogP contribution in [0.25, 0.3) is 11.3 Å². The lowest BCUT2D eigenvalue weighted by Gasteiger charge is -2.37. The number of ether oxygens (including phenoxy) is 1. The van der Waals surface area contributed by atoms with Gasteiger partial charge < -0.3 is 14.7 Å². The normalized spacial score (nSPS) is 15.6. The van der Waals surface area contributed by atoms with E-state index in [0.717, 1.165) is 44.0 Å². The van der Waals surface area contributed by atoms with Gasteiger partial charge >= 0.3 is 0 Å². The van der Waals surface area contributed by atoms with E-state index in [1.807, 2.05) is 24.4 Å². The van der Waals surface area contributed by atoms with Gasteiger partial charge in [0, 0.05) is 50.2 Å². The van der Waals surface area contributed by atoms with Crippen molar-refractivity contribution in [2.75, 3.05) is 44.2 Å². The van der Waals surface area contributed by atoms with E-state index in [1.165, 1.54) is 17.8 Å². The van der Waals surface area contributed by atoms with Gasteiger partial charge in [-0.15, -0.1) is 0 Å². The van der Waals surface area contributed by atoms with Crippen molar-refractivity contribution in [1.29, 1.82) is 0 Å². The molecule has 1 aromatic heterocycles. The summed E-state index contributed by atoms with van der Waals surface area (Å²) in [5.74, 6) is 0.273. The van der Waals surface area contributed by atoms with Crippen LogP contribution in [0.5, 0.6) is 5.75 Å². The molecule has 2 aromatic carbocycles. The van der Waals surface area contributed by atoms with Crippen LogP contribution in [0.4, 0.5) is 10.1 Å². The fourth-order valence-electron chi connectivity index (χ4n) is 3.84. The van der Waals surface area contributed by atoms with Crippen molar-refractivity contribution in [3.8, 4) is 17.0 Å². The lowest BCUT2D eigenvalue weighted by molar-refractivity contribution is 0.0866. The highest BCUT2D eigenvalue weighted by atomic mass is 19.1. The number of aromatic nitrogens is 1. The monoisotopic (exact) mass is 421 g/mol. The highest BCUT2D eigenvalue weighted by Gasteiger charge is 2.20. The van der Waals surface area contributed by atoms with E-state index in [-0.39, 0.29) is 12.4 Å². The van der Waals surface area contributed by atoms with Crippen LogP contribution in [0.2, 0.25) is 0 Å². The quantitative estimate of drug-likeness (QED) is 0.599. The van der Waals surface area contributed by atoms with Crippen molar-refractivity contribution >= 4 is 5.69 Å². The zero-order valence-corrected chi connectivity index (χ0v) is 17.5. The van der Waals surface area contributed by atoms with E-state index < -0.39 is 6.10 Å². The molecule has 162 valence electrons. The number of halogens is 1. The molecule has 1 aliphatic heterocycles. The van der Waals surface area contributed by atoms with Crippen LogP contribution in [-0.2, 0) is 0 Å². The summed E-state index contributed by atoms with van der Waals surface area (Å²) in [6, 6.07) is 20.3. The number of nitrogens with zero attached hydrogens (tertiary/aromatic N) is 3. The summed E-state index contributed by atoms with van der Waals surface area (Å²) in [7, 11) is 0. The molecule has 0 amide bonds. The van der Waals surface area contributed by atoms with Gasteiger partial charge in [0.25, 0.3) is 0 Å². The summed E-state index contributed by atoms with van der Waals surface area (Å²) in [5.41, 5.74) is 3.36. The Morgan fingerprint density at radius 2 is 1.68 bits per heavy atom. The topological polar surface area (TPSA) is 48.8 Å². The Morgan fingerprint density at radius 3 is 2.42 bits per heavy atom. The summed E-state index contributed by atoms with van der Waals surface area (Å²) in [4.78, 5) is 9.30. The molecule has 1 saturated heterocycles. The fourth-order valence-corrected chi connectivity index (χ4v) is 3.84. The molecule has 2 heterocycles. The Kier molecular flexibility index (Phi) is 7.12. The largest absolute Gasteiger partial charge is 0.491 e. The van der Waals surface area contributed by atoms with Gasteiger partial charge in [0.15, 0.2) is 0 Å². The van der Waals surface area contributed by atoms with Crippen LogP contribution in [0.15, 0.2) is 72.9 Å². The maximum absolute atomic E-state index is 12.9. The van der Waals surface area contributed by atoms with E-state index in [4.69, 9.17) is 4.74 Å². The standard InChI is InChI=1S/C25H28FN3O2/c26-20-8-10-22(11-9-20)31-19-21(30)12-14-28-15-17-29(18-16-28)25-7-2-1-5-23(25)24-6-3-4-13-27-24/h1-11,13,21,30H,12,14-19H2. The Bertz CT molecular complexity index is 944. The fraction of sp³-hybridized carbons (Fsp3) is 0.320. The molecule has 0 radical (unpaired) electrons. The Hall–Kier alpha value is -2.96. The molecule has 0 saturated carbocycles. The second-order valence-corrected chi connectivity index (χ2v) is 7.77. The van der Waals surface area contributed by atoms with Crippen LogP contribution >= 0.6 is 0 Å². The number of pyridine rings is 1. The second kappa shape index (κ2) is 10.4. The van der Waals surface area contributed by atoms with Crippen molar-refractivity contribution < 1.29 is 14.2 Å². The van der Waals surface area contributed by atoms with Gasteiger partial charge in [-0.1, -0.05) is 24.3 Å². The molecule has 0 bridgehead atoms. The highest BCUT2D eigenvalue weighted by Crippen LogP contribution is 2.30. The Morgan fingerprint density at radius 1 is 0.935 bits per heavy atom. The molecule has 4 rings (SSSR count). The van der Waals surface area contributed by atoms with Gasteiger partial charge in [0.1, 0.15) is 18.2 Å². The van der Waals surface area contributed by atoms with Crippen molar-refractivity contribution in [1.82, 2.24) is 9.88 Å².